The van der Waals surface area contributed by atoms with Crippen LogP contribution in [0.2, 0.25) is 0 Å². The molecule has 1 saturated carbocycles. The van der Waals surface area contributed by atoms with Gasteiger partial charge in [0.1, 0.15) is 0 Å². The Labute approximate surface area is 146 Å². The molecule has 1 radical (unpaired) electrons. The van der Waals surface area contributed by atoms with Gasteiger partial charge in [0.05, 0.1) is 0 Å². The summed E-state index contributed by atoms with van der Waals surface area (Å²) < 4.78 is 0. The fraction of sp³-hybridized carbons (Fsp3) is 0.688. The molecule has 1 rings (SSSR count). The predicted octanol–water partition coefficient (Wildman–Crippen LogP) is 2.76. The Morgan fingerprint density at radius 3 is 2.00 bits per heavy atom. The van der Waals surface area contributed by atoms with Crippen molar-refractivity contribution in [2.75, 3.05) is 0 Å². The zero-order valence-electron chi connectivity index (χ0n) is 14.3. The monoisotopic (exact) mass is 331 g/mol. The van der Waals surface area contributed by atoms with E-state index in [0.717, 1.165) is 38.1 Å². The summed E-state index contributed by atoms with van der Waals surface area (Å²) in [5, 5.41) is 5.70. The van der Waals surface area contributed by atoms with Crippen molar-refractivity contribution in [3.05, 3.63) is 20.9 Å². The largest absolute Gasteiger partial charge is 3.00 e. The quantitative estimate of drug-likeness (QED) is 0.447. The first-order chi connectivity index (χ1) is 8.46. The molecule has 0 aliphatic heterocycles. The molecule has 4 nitrogen and oxygen atoms in total. The SMILES string of the molecule is CC(C)C1(C(C)C)C[C-](NC=O)CC(NC=O)C1.[CH3-].[CH3-].[Ti+3]. The normalized spacial score (nSPS) is 20.6. The van der Waals surface area contributed by atoms with Gasteiger partial charge >= 0.3 is 21.7 Å². The minimum Gasteiger partial charge on any atom is -0.505 e. The molecular formula is C16H31N2O2Ti. The maximum atomic E-state index is 10.7. The van der Waals surface area contributed by atoms with Crippen LogP contribution in [0.4, 0.5) is 0 Å². The minimum atomic E-state index is 0. The molecule has 1 atom stereocenters. The van der Waals surface area contributed by atoms with Crippen LogP contribution in [0, 0.1) is 38.1 Å². The fourth-order valence-corrected chi connectivity index (χ4v) is 3.32. The zero-order chi connectivity index (χ0) is 13.8. The van der Waals surface area contributed by atoms with Crippen molar-refractivity contribution in [3.8, 4) is 0 Å². The Morgan fingerprint density at radius 1 is 1.10 bits per heavy atom. The molecule has 0 aromatic rings. The van der Waals surface area contributed by atoms with E-state index in [2.05, 4.69) is 38.3 Å². The molecule has 0 bridgehead atoms. The van der Waals surface area contributed by atoms with Gasteiger partial charge < -0.3 is 25.5 Å². The van der Waals surface area contributed by atoms with Gasteiger partial charge in [-0.25, -0.2) is 6.04 Å². The van der Waals surface area contributed by atoms with E-state index < -0.39 is 0 Å². The van der Waals surface area contributed by atoms with Crippen LogP contribution < -0.4 is 10.6 Å². The summed E-state index contributed by atoms with van der Waals surface area (Å²) in [6.45, 7) is 8.90. The van der Waals surface area contributed by atoms with E-state index in [4.69, 9.17) is 0 Å². The van der Waals surface area contributed by atoms with E-state index in [1.807, 2.05) is 0 Å². The van der Waals surface area contributed by atoms with Gasteiger partial charge in [0.2, 0.25) is 6.41 Å². The number of carbonyl (C=O) groups excluding carboxylic acids is 2. The van der Waals surface area contributed by atoms with Crippen molar-refractivity contribution in [1.29, 1.82) is 0 Å². The fourth-order valence-electron chi connectivity index (χ4n) is 3.32. The van der Waals surface area contributed by atoms with Gasteiger partial charge in [-0.15, -0.1) is 6.42 Å². The average molecular weight is 331 g/mol. The third kappa shape index (κ3) is 6.11. The summed E-state index contributed by atoms with van der Waals surface area (Å²) in [6.07, 6.45) is 4.14. The van der Waals surface area contributed by atoms with Crippen molar-refractivity contribution in [1.82, 2.24) is 10.6 Å². The molecule has 0 aromatic carbocycles. The van der Waals surface area contributed by atoms with Crippen molar-refractivity contribution in [3.63, 3.8) is 0 Å². The molecule has 0 saturated heterocycles. The average Bonchev–Trinajstić information content (AvgIpc) is 2.28. The van der Waals surface area contributed by atoms with Gasteiger partial charge in [0.25, 0.3) is 0 Å². The van der Waals surface area contributed by atoms with Crippen molar-refractivity contribution in [2.24, 2.45) is 17.3 Å². The van der Waals surface area contributed by atoms with E-state index in [1.165, 1.54) is 0 Å². The Kier molecular flexibility index (Phi) is 13.7. The third-order valence-corrected chi connectivity index (χ3v) is 4.53. The Hall–Kier alpha value is -0.346. The molecule has 0 aromatic heterocycles. The van der Waals surface area contributed by atoms with Crippen LogP contribution in [-0.2, 0) is 31.3 Å². The maximum absolute atomic E-state index is 10.7. The molecule has 1 aliphatic rings. The Bertz CT molecular complexity index is 268. The number of hydrogen-bond acceptors (Lipinski definition) is 2. The molecule has 2 amide bonds. The number of rotatable bonds is 6. The first-order valence-electron chi connectivity index (χ1n) is 6.70. The van der Waals surface area contributed by atoms with Gasteiger partial charge in [-0.2, -0.15) is 6.42 Å². The van der Waals surface area contributed by atoms with Crippen LogP contribution in [0.15, 0.2) is 0 Å². The van der Waals surface area contributed by atoms with Crippen LogP contribution in [0.3, 0.4) is 0 Å². The zero-order valence-corrected chi connectivity index (χ0v) is 15.9. The molecule has 1 aliphatic carbocycles. The second kappa shape index (κ2) is 11.3. The standard InChI is InChI=1S/C14H25N2O2.2CH3.Ti/c1-10(2)14(11(3)4)6-12(15-8-17)5-13(7-14)16-9-18;;;/h8-12H,5-7H2,1-4H3,(H,15,17)(H,16,18);2*1H3;/q3*-1;+3. The van der Waals surface area contributed by atoms with E-state index >= 15 is 0 Å². The molecule has 0 spiro atoms. The van der Waals surface area contributed by atoms with Crippen LogP contribution in [0.1, 0.15) is 47.0 Å². The minimum absolute atomic E-state index is 0. The molecule has 1 unspecified atom stereocenters. The molecule has 0 heterocycles. The topological polar surface area (TPSA) is 58.2 Å². The van der Waals surface area contributed by atoms with Crippen molar-refractivity contribution < 1.29 is 31.3 Å². The van der Waals surface area contributed by atoms with Gasteiger partial charge in [0, 0.05) is 6.04 Å². The van der Waals surface area contributed by atoms with Crippen LogP contribution in [0.5, 0.6) is 0 Å². The van der Waals surface area contributed by atoms with Crippen molar-refractivity contribution >= 4 is 12.8 Å². The van der Waals surface area contributed by atoms with Gasteiger partial charge in [-0.3, -0.25) is 9.59 Å². The molecule has 5 heteroatoms. The molecular weight excluding hydrogens is 300 g/mol. The van der Waals surface area contributed by atoms with E-state index in [1.54, 1.807) is 0 Å². The Balaban J connectivity index is -0.00000108. The van der Waals surface area contributed by atoms with Gasteiger partial charge in [-0.05, 0) is 23.7 Å². The first-order valence-corrected chi connectivity index (χ1v) is 6.70. The second-order valence-corrected chi connectivity index (χ2v) is 5.97. The number of hydrogen-bond donors (Lipinski definition) is 2. The summed E-state index contributed by atoms with van der Waals surface area (Å²) in [7, 11) is 0. The number of amides is 2. The Morgan fingerprint density at radius 2 is 1.62 bits per heavy atom. The predicted molar refractivity (Wildman–Crippen MR) is 84.2 cm³/mol. The van der Waals surface area contributed by atoms with E-state index in [9.17, 15) is 9.59 Å². The molecule has 21 heavy (non-hydrogen) atoms. The van der Waals surface area contributed by atoms with Crippen LogP contribution in [-0.4, -0.2) is 18.9 Å². The smallest absolute Gasteiger partial charge is 0.505 e. The molecule has 1 fully saturated rings. The van der Waals surface area contributed by atoms with Crippen LogP contribution in [0.25, 0.3) is 0 Å². The third-order valence-electron chi connectivity index (χ3n) is 4.53. The van der Waals surface area contributed by atoms with Crippen molar-refractivity contribution in [2.45, 2.75) is 53.0 Å². The van der Waals surface area contributed by atoms with E-state index in [-0.39, 0.29) is 48.0 Å². The van der Waals surface area contributed by atoms with Gasteiger partial charge in [-0.1, -0.05) is 27.7 Å². The number of nitrogens with one attached hydrogen (secondary N) is 2. The van der Waals surface area contributed by atoms with E-state index in [0.29, 0.717) is 11.8 Å². The molecule has 121 valence electrons. The maximum Gasteiger partial charge on any atom is 3.00 e. The van der Waals surface area contributed by atoms with Gasteiger partial charge in [0.15, 0.2) is 6.41 Å². The summed E-state index contributed by atoms with van der Waals surface area (Å²) in [6, 6.07) is 1.17. The second-order valence-electron chi connectivity index (χ2n) is 5.97. The first kappa shape index (κ1) is 25.6. The number of carbonyl (C=O) groups is 2. The summed E-state index contributed by atoms with van der Waals surface area (Å²) in [5.74, 6) is 1.02. The summed E-state index contributed by atoms with van der Waals surface area (Å²) in [4.78, 5) is 21.3. The summed E-state index contributed by atoms with van der Waals surface area (Å²) in [5.41, 5.74) is 0.143. The summed E-state index contributed by atoms with van der Waals surface area (Å²) >= 11 is 0. The van der Waals surface area contributed by atoms with Crippen LogP contribution >= 0.6 is 0 Å². The molecule has 2 N–H and O–H groups in total.